The first-order valence-corrected chi connectivity index (χ1v) is 10.2. The Morgan fingerprint density at radius 3 is 2.59 bits per heavy atom. The molecule has 1 fully saturated rings. The Hall–Kier alpha value is -2.90. The van der Waals surface area contributed by atoms with Gasteiger partial charge in [0.15, 0.2) is 0 Å². The summed E-state index contributed by atoms with van der Waals surface area (Å²) in [6.07, 6.45) is 5.67. The number of anilines is 1. The van der Waals surface area contributed by atoms with E-state index in [9.17, 15) is 9.59 Å². The Morgan fingerprint density at radius 2 is 1.90 bits per heavy atom. The zero-order valence-corrected chi connectivity index (χ0v) is 17.5. The second-order valence-corrected chi connectivity index (χ2v) is 7.83. The van der Waals surface area contributed by atoms with Crippen molar-refractivity contribution in [2.75, 3.05) is 19.0 Å². The third-order valence-electron chi connectivity index (χ3n) is 4.15. The number of benzene rings is 2. The summed E-state index contributed by atoms with van der Waals surface area (Å²) in [4.78, 5) is 26.8. The molecular formula is C22H20N2O3S2. The Bertz CT molecular complexity index is 954. The van der Waals surface area contributed by atoms with Crippen molar-refractivity contribution in [3.05, 3.63) is 77.2 Å². The molecule has 0 radical (unpaired) electrons. The number of nitrogens with zero attached hydrogens (tertiary/aromatic N) is 1. The van der Waals surface area contributed by atoms with Crippen LogP contribution in [-0.4, -0.2) is 34.7 Å². The number of thiocarbonyl (C=S) groups is 1. The van der Waals surface area contributed by atoms with Crippen molar-refractivity contribution < 1.29 is 14.3 Å². The number of allylic oxidation sites excluding steroid dienone is 2. The van der Waals surface area contributed by atoms with Gasteiger partial charge in [0.1, 0.15) is 10.1 Å². The number of hydrogen-bond acceptors (Lipinski definition) is 5. The highest BCUT2D eigenvalue weighted by Crippen LogP contribution is 2.31. The number of methoxy groups -OCH3 is 1. The molecule has 29 heavy (non-hydrogen) atoms. The molecule has 1 aliphatic rings. The SMILES string of the molecule is COc1ccc(NC(=O)CCN2C(=O)/C(=C/C=C/c3ccccc3)SC2=S)cc1. The van der Waals surface area contributed by atoms with Gasteiger partial charge in [-0.15, -0.1) is 0 Å². The van der Waals surface area contributed by atoms with Gasteiger partial charge in [0, 0.05) is 18.7 Å². The lowest BCUT2D eigenvalue weighted by molar-refractivity contribution is -0.122. The molecule has 1 saturated heterocycles. The van der Waals surface area contributed by atoms with Gasteiger partial charge in [0.05, 0.1) is 12.0 Å². The number of carbonyl (C=O) groups is 2. The van der Waals surface area contributed by atoms with E-state index in [2.05, 4.69) is 5.32 Å². The molecule has 1 heterocycles. The lowest BCUT2D eigenvalue weighted by Gasteiger charge is -2.14. The molecule has 3 rings (SSSR count). The minimum absolute atomic E-state index is 0.158. The van der Waals surface area contributed by atoms with Crippen molar-refractivity contribution in [2.45, 2.75) is 6.42 Å². The van der Waals surface area contributed by atoms with Gasteiger partial charge in [-0.05, 0) is 35.9 Å². The number of carbonyl (C=O) groups excluding carboxylic acids is 2. The monoisotopic (exact) mass is 424 g/mol. The molecule has 0 saturated carbocycles. The van der Waals surface area contributed by atoms with E-state index in [1.165, 1.54) is 16.7 Å². The summed E-state index contributed by atoms with van der Waals surface area (Å²) in [6, 6.07) is 16.9. The van der Waals surface area contributed by atoms with Crippen LogP contribution >= 0.6 is 24.0 Å². The van der Waals surface area contributed by atoms with Gasteiger partial charge < -0.3 is 10.1 Å². The first-order chi connectivity index (χ1) is 14.1. The fourth-order valence-corrected chi connectivity index (χ4v) is 3.89. The molecule has 2 aromatic carbocycles. The largest absolute Gasteiger partial charge is 0.497 e. The van der Waals surface area contributed by atoms with Gasteiger partial charge in [-0.2, -0.15) is 0 Å². The lowest BCUT2D eigenvalue weighted by Crippen LogP contribution is -2.31. The van der Waals surface area contributed by atoms with Gasteiger partial charge in [0.2, 0.25) is 5.91 Å². The molecule has 2 amide bonds. The Morgan fingerprint density at radius 1 is 1.17 bits per heavy atom. The third-order valence-corrected chi connectivity index (χ3v) is 5.54. The quantitative estimate of drug-likeness (QED) is 0.525. The van der Waals surface area contributed by atoms with Crippen LogP contribution in [0.1, 0.15) is 12.0 Å². The van der Waals surface area contributed by atoms with E-state index in [0.717, 1.165) is 5.56 Å². The molecule has 1 aliphatic heterocycles. The van der Waals surface area contributed by atoms with Crippen LogP contribution in [0.4, 0.5) is 5.69 Å². The van der Waals surface area contributed by atoms with Gasteiger partial charge in [-0.25, -0.2) is 0 Å². The molecule has 0 bridgehead atoms. The third kappa shape index (κ3) is 5.79. The summed E-state index contributed by atoms with van der Waals surface area (Å²) in [5.74, 6) is 0.362. The maximum atomic E-state index is 12.6. The fraction of sp³-hybridized carbons (Fsp3) is 0.136. The van der Waals surface area contributed by atoms with E-state index < -0.39 is 0 Å². The van der Waals surface area contributed by atoms with Crippen LogP contribution in [0.25, 0.3) is 6.08 Å². The number of thioether (sulfide) groups is 1. The topological polar surface area (TPSA) is 58.6 Å². The number of nitrogens with one attached hydrogen (secondary N) is 1. The minimum Gasteiger partial charge on any atom is -0.497 e. The molecular weight excluding hydrogens is 404 g/mol. The number of amides is 2. The molecule has 0 aromatic heterocycles. The molecule has 5 nitrogen and oxygen atoms in total. The summed E-state index contributed by atoms with van der Waals surface area (Å²) in [5, 5.41) is 2.80. The van der Waals surface area contributed by atoms with Crippen LogP contribution < -0.4 is 10.1 Å². The first kappa shape index (κ1) is 20.8. The van der Waals surface area contributed by atoms with E-state index in [4.69, 9.17) is 17.0 Å². The predicted octanol–water partition coefficient (Wildman–Crippen LogP) is 4.48. The summed E-state index contributed by atoms with van der Waals surface area (Å²) in [7, 11) is 1.59. The standard InChI is InChI=1S/C22H20N2O3S2/c1-27-18-12-10-17(11-13-18)23-20(25)14-15-24-21(26)19(29-22(24)28)9-5-8-16-6-3-2-4-7-16/h2-13H,14-15H2,1H3,(H,23,25)/b8-5+,19-9-. The Labute approximate surface area is 179 Å². The molecule has 1 N–H and O–H groups in total. The number of ether oxygens (including phenoxy) is 1. The highest BCUT2D eigenvalue weighted by atomic mass is 32.2. The average molecular weight is 425 g/mol. The normalized spacial score (nSPS) is 15.3. The van der Waals surface area contributed by atoms with E-state index in [1.54, 1.807) is 37.5 Å². The molecule has 0 aliphatic carbocycles. The minimum atomic E-state index is -0.183. The smallest absolute Gasteiger partial charge is 0.266 e. The summed E-state index contributed by atoms with van der Waals surface area (Å²) < 4.78 is 5.56. The van der Waals surface area contributed by atoms with Crippen LogP contribution in [0.15, 0.2) is 71.7 Å². The van der Waals surface area contributed by atoms with Gasteiger partial charge >= 0.3 is 0 Å². The average Bonchev–Trinajstić information content (AvgIpc) is 3.00. The number of rotatable bonds is 7. The van der Waals surface area contributed by atoms with Gasteiger partial charge in [0.25, 0.3) is 5.91 Å². The summed E-state index contributed by atoms with van der Waals surface area (Å²) in [6.45, 7) is 0.242. The maximum absolute atomic E-state index is 12.6. The summed E-state index contributed by atoms with van der Waals surface area (Å²) in [5.41, 5.74) is 1.72. The molecule has 148 valence electrons. The van der Waals surface area contributed by atoms with Crippen LogP contribution in [0.5, 0.6) is 5.75 Å². The van der Waals surface area contributed by atoms with E-state index in [0.29, 0.717) is 20.7 Å². The molecule has 2 aromatic rings. The van der Waals surface area contributed by atoms with Crippen molar-refractivity contribution in [3.8, 4) is 5.75 Å². The van der Waals surface area contributed by atoms with Crippen molar-refractivity contribution in [2.24, 2.45) is 0 Å². The van der Waals surface area contributed by atoms with E-state index in [-0.39, 0.29) is 24.8 Å². The fourth-order valence-electron chi connectivity index (χ4n) is 2.63. The second kappa shape index (κ2) is 10.0. The second-order valence-electron chi connectivity index (χ2n) is 6.15. The van der Waals surface area contributed by atoms with E-state index in [1.807, 2.05) is 42.5 Å². The summed E-state index contributed by atoms with van der Waals surface area (Å²) >= 11 is 6.55. The highest BCUT2D eigenvalue weighted by molar-refractivity contribution is 8.26. The molecule has 0 spiro atoms. The van der Waals surface area contributed by atoms with Gasteiger partial charge in [-0.1, -0.05) is 66.5 Å². The zero-order valence-electron chi connectivity index (χ0n) is 15.8. The van der Waals surface area contributed by atoms with Crippen molar-refractivity contribution in [1.29, 1.82) is 0 Å². The van der Waals surface area contributed by atoms with Crippen LogP contribution in [0.2, 0.25) is 0 Å². The van der Waals surface area contributed by atoms with Crippen molar-refractivity contribution in [3.63, 3.8) is 0 Å². The van der Waals surface area contributed by atoms with Gasteiger partial charge in [-0.3, -0.25) is 14.5 Å². The molecule has 0 unspecified atom stereocenters. The van der Waals surface area contributed by atoms with Crippen LogP contribution in [-0.2, 0) is 9.59 Å². The van der Waals surface area contributed by atoms with Crippen molar-refractivity contribution in [1.82, 2.24) is 4.90 Å². The first-order valence-electron chi connectivity index (χ1n) is 8.98. The molecule has 7 heteroatoms. The molecule has 0 atom stereocenters. The predicted molar refractivity (Wildman–Crippen MR) is 122 cm³/mol. The lowest BCUT2D eigenvalue weighted by atomic mass is 10.2. The maximum Gasteiger partial charge on any atom is 0.266 e. The van der Waals surface area contributed by atoms with Crippen LogP contribution in [0, 0.1) is 0 Å². The highest BCUT2D eigenvalue weighted by Gasteiger charge is 2.31. The van der Waals surface area contributed by atoms with E-state index >= 15 is 0 Å². The Kier molecular flexibility index (Phi) is 7.21. The zero-order chi connectivity index (χ0) is 20.6. The Balaban J connectivity index is 1.53. The van der Waals surface area contributed by atoms with Crippen LogP contribution in [0.3, 0.4) is 0 Å². The van der Waals surface area contributed by atoms with Crippen molar-refractivity contribution >= 4 is 51.9 Å². The number of hydrogen-bond donors (Lipinski definition) is 1.